The number of ether oxygens (including phenoxy) is 1. The molecule has 0 radical (unpaired) electrons. The molecule has 1 aliphatic rings. The van der Waals surface area contributed by atoms with Crippen LogP contribution in [0, 0.1) is 18.7 Å². The van der Waals surface area contributed by atoms with Gasteiger partial charge in [0.25, 0.3) is 0 Å². The van der Waals surface area contributed by atoms with Crippen molar-refractivity contribution in [3.63, 3.8) is 0 Å². The molecule has 2 aromatic rings. The number of halogens is 1. The van der Waals surface area contributed by atoms with Crippen molar-refractivity contribution in [2.24, 2.45) is 5.92 Å². The first-order valence-corrected chi connectivity index (χ1v) is 11.9. The summed E-state index contributed by atoms with van der Waals surface area (Å²) < 4.78 is 20.2. The van der Waals surface area contributed by atoms with Crippen molar-refractivity contribution in [1.29, 1.82) is 0 Å². The van der Waals surface area contributed by atoms with E-state index in [1.807, 2.05) is 20.8 Å². The van der Waals surface area contributed by atoms with Crippen LogP contribution in [-0.2, 0) is 20.9 Å². The maximum absolute atomic E-state index is 13.5. The Balaban J connectivity index is 1.66. The zero-order valence-corrected chi connectivity index (χ0v) is 19.5. The van der Waals surface area contributed by atoms with Gasteiger partial charge in [0.2, 0.25) is 11.8 Å². The summed E-state index contributed by atoms with van der Waals surface area (Å²) in [6.45, 7) is 7.51. The van der Waals surface area contributed by atoms with E-state index in [9.17, 15) is 14.0 Å². The molecular formula is C21H27FN4O3S2. The number of hydrogen-bond acceptors (Lipinski definition) is 7. The molecule has 0 N–H and O–H groups in total. The summed E-state index contributed by atoms with van der Waals surface area (Å²) in [5, 5.41) is 8.83. The maximum atomic E-state index is 13.5. The largest absolute Gasteiger partial charge is 0.370 e. The zero-order chi connectivity index (χ0) is 22.4. The molecule has 1 unspecified atom stereocenters. The number of carbonyl (C=O) groups is 2. The smallest absolute Gasteiger partial charge is 0.242 e. The van der Waals surface area contributed by atoms with Gasteiger partial charge < -0.3 is 14.5 Å². The third kappa shape index (κ3) is 7.26. The van der Waals surface area contributed by atoms with Gasteiger partial charge in [0.1, 0.15) is 10.8 Å². The van der Waals surface area contributed by atoms with Gasteiger partial charge in [0.15, 0.2) is 4.34 Å². The Labute approximate surface area is 190 Å². The van der Waals surface area contributed by atoms with E-state index in [-0.39, 0.29) is 42.6 Å². The Hall–Kier alpha value is -2.04. The lowest BCUT2D eigenvalue weighted by Crippen LogP contribution is -2.41. The number of hydrogen-bond donors (Lipinski definition) is 0. The molecule has 0 bridgehead atoms. The third-order valence-electron chi connectivity index (χ3n) is 4.67. The van der Waals surface area contributed by atoms with Crippen LogP contribution in [0.15, 0.2) is 28.6 Å². The van der Waals surface area contributed by atoms with Crippen LogP contribution < -0.4 is 0 Å². The lowest BCUT2D eigenvalue weighted by molar-refractivity contribution is -0.137. The van der Waals surface area contributed by atoms with Crippen molar-refractivity contribution in [1.82, 2.24) is 20.0 Å². The summed E-state index contributed by atoms with van der Waals surface area (Å²) in [5.74, 6) is -0.0684. The molecule has 3 rings (SSSR count). The number of aryl methyl sites for hydroxylation is 1. The highest BCUT2D eigenvalue weighted by Gasteiger charge is 2.31. The van der Waals surface area contributed by atoms with E-state index in [1.165, 1.54) is 35.2 Å². The summed E-state index contributed by atoms with van der Waals surface area (Å²) in [7, 11) is 0. The summed E-state index contributed by atoms with van der Waals surface area (Å²) in [4.78, 5) is 29.0. The van der Waals surface area contributed by atoms with Crippen molar-refractivity contribution in [3.05, 3.63) is 40.7 Å². The topological polar surface area (TPSA) is 75.6 Å². The Morgan fingerprint density at radius 1 is 1.35 bits per heavy atom. The number of nitrogens with zero attached hydrogens (tertiary/aromatic N) is 4. The molecule has 0 saturated carbocycles. The quantitative estimate of drug-likeness (QED) is 0.557. The minimum Gasteiger partial charge on any atom is -0.370 e. The van der Waals surface area contributed by atoms with Crippen LogP contribution in [0.25, 0.3) is 0 Å². The minimum absolute atomic E-state index is 0.0289. The molecule has 1 aromatic carbocycles. The van der Waals surface area contributed by atoms with Crippen molar-refractivity contribution in [3.8, 4) is 0 Å². The fourth-order valence-electron chi connectivity index (χ4n) is 3.28. The van der Waals surface area contributed by atoms with Gasteiger partial charge in [-0.05, 0) is 30.5 Å². The molecule has 1 atom stereocenters. The predicted octanol–water partition coefficient (Wildman–Crippen LogP) is 2.99. The summed E-state index contributed by atoms with van der Waals surface area (Å²) in [6, 6.07) is 6.24. The van der Waals surface area contributed by atoms with Gasteiger partial charge in [-0.1, -0.05) is 49.1 Å². The van der Waals surface area contributed by atoms with E-state index < -0.39 is 0 Å². The van der Waals surface area contributed by atoms with Gasteiger partial charge in [-0.15, -0.1) is 10.2 Å². The lowest BCUT2D eigenvalue weighted by Gasteiger charge is -2.26. The van der Waals surface area contributed by atoms with Crippen molar-refractivity contribution in [2.45, 2.75) is 37.8 Å². The number of aromatic nitrogens is 2. The second-order valence-corrected chi connectivity index (χ2v) is 10.3. The SMILES string of the molecule is Cc1nnc(SCC(=O)N2CC(=O)N(CC(C)C)CC(OCc3cccc(F)c3)C2)s1. The second-order valence-electron chi connectivity index (χ2n) is 7.91. The molecule has 168 valence electrons. The number of benzene rings is 1. The average Bonchev–Trinajstić information content (AvgIpc) is 3.06. The van der Waals surface area contributed by atoms with Crippen molar-refractivity contribution in [2.75, 3.05) is 31.9 Å². The Kier molecular flexibility index (Phi) is 8.39. The first-order chi connectivity index (χ1) is 14.8. The van der Waals surface area contributed by atoms with Gasteiger partial charge in [-0.3, -0.25) is 9.59 Å². The molecule has 0 spiro atoms. The van der Waals surface area contributed by atoms with Crippen LogP contribution in [0.3, 0.4) is 0 Å². The highest BCUT2D eigenvalue weighted by Crippen LogP contribution is 2.22. The molecule has 10 heteroatoms. The Morgan fingerprint density at radius 2 is 2.16 bits per heavy atom. The number of carbonyl (C=O) groups excluding carboxylic acids is 2. The van der Waals surface area contributed by atoms with E-state index in [0.29, 0.717) is 31.1 Å². The van der Waals surface area contributed by atoms with Gasteiger partial charge in [-0.2, -0.15) is 0 Å². The van der Waals surface area contributed by atoms with Crippen molar-refractivity contribution >= 4 is 34.9 Å². The molecule has 31 heavy (non-hydrogen) atoms. The highest BCUT2D eigenvalue weighted by molar-refractivity contribution is 8.01. The minimum atomic E-state index is -0.355. The van der Waals surface area contributed by atoms with E-state index in [1.54, 1.807) is 21.9 Å². The second kappa shape index (κ2) is 11.0. The molecule has 0 aliphatic carbocycles. The van der Waals surface area contributed by atoms with Crippen LogP contribution in [0.5, 0.6) is 0 Å². The van der Waals surface area contributed by atoms with Crippen LogP contribution >= 0.6 is 23.1 Å². The molecule has 7 nitrogen and oxygen atoms in total. The van der Waals surface area contributed by atoms with Crippen molar-refractivity contribution < 1.29 is 18.7 Å². The van der Waals surface area contributed by atoms with E-state index >= 15 is 0 Å². The molecule has 1 fully saturated rings. The fourth-order valence-corrected chi connectivity index (χ4v) is 5.00. The molecule has 2 amide bonds. The Morgan fingerprint density at radius 3 is 2.84 bits per heavy atom. The molecule has 1 aliphatic heterocycles. The summed E-state index contributed by atoms with van der Waals surface area (Å²) in [6.07, 6.45) is -0.355. The number of rotatable bonds is 8. The van der Waals surface area contributed by atoms with E-state index in [0.717, 1.165) is 9.35 Å². The average molecular weight is 467 g/mol. The summed E-state index contributed by atoms with van der Waals surface area (Å²) >= 11 is 2.76. The van der Waals surface area contributed by atoms with E-state index in [4.69, 9.17) is 4.74 Å². The normalized spacial score (nSPS) is 17.3. The fraction of sp³-hybridized carbons (Fsp3) is 0.524. The van der Waals surface area contributed by atoms with E-state index in [2.05, 4.69) is 10.2 Å². The Bertz CT molecular complexity index is 908. The monoisotopic (exact) mass is 466 g/mol. The first kappa shape index (κ1) is 23.6. The van der Waals surface area contributed by atoms with Crippen LogP contribution in [0.4, 0.5) is 4.39 Å². The molecule has 1 aromatic heterocycles. The maximum Gasteiger partial charge on any atom is 0.242 e. The zero-order valence-electron chi connectivity index (χ0n) is 17.9. The summed E-state index contributed by atoms with van der Waals surface area (Å²) in [5.41, 5.74) is 0.714. The van der Waals surface area contributed by atoms with Crippen LogP contribution in [-0.4, -0.2) is 69.8 Å². The highest BCUT2D eigenvalue weighted by atomic mass is 32.2. The molecule has 1 saturated heterocycles. The predicted molar refractivity (Wildman–Crippen MR) is 118 cm³/mol. The number of thioether (sulfide) groups is 1. The van der Waals surface area contributed by atoms with Gasteiger partial charge in [0, 0.05) is 19.6 Å². The van der Waals surface area contributed by atoms with Crippen LogP contribution in [0.1, 0.15) is 24.4 Å². The molecule has 2 heterocycles. The molecular weight excluding hydrogens is 439 g/mol. The van der Waals surface area contributed by atoms with Crippen LogP contribution in [0.2, 0.25) is 0 Å². The van der Waals surface area contributed by atoms with Gasteiger partial charge in [0.05, 0.1) is 25.0 Å². The van der Waals surface area contributed by atoms with Gasteiger partial charge >= 0.3 is 0 Å². The first-order valence-electron chi connectivity index (χ1n) is 10.1. The van der Waals surface area contributed by atoms with Gasteiger partial charge in [-0.25, -0.2) is 4.39 Å². The lowest BCUT2D eigenvalue weighted by atomic mass is 10.2. The standard InChI is InChI=1S/C21H27FN4O3S2/c1-14(2)8-25-9-18(29-12-16-5-4-6-17(22)7-16)10-26(11-19(25)27)20(28)13-30-21-24-23-15(3)31-21/h4-7,14,18H,8-13H2,1-3H3. The number of amides is 2. The third-order valence-corrected chi connectivity index (χ3v) is 6.62.